The number of para-hydroxylation sites is 1. The molecule has 2 heterocycles. The summed E-state index contributed by atoms with van der Waals surface area (Å²) in [7, 11) is 0. The second kappa shape index (κ2) is 6.74. The smallest absolute Gasteiger partial charge is 0.319 e. The van der Waals surface area contributed by atoms with Crippen molar-refractivity contribution in [3.8, 4) is 11.1 Å². The summed E-state index contributed by atoms with van der Waals surface area (Å²) in [5.74, 6) is 0.599. The van der Waals surface area contributed by atoms with E-state index in [0.29, 0.717) is 11.4 Å². The summed E-state index contributed by atoms with van der Waals surface area (Å²) < 4.78 is 6.23. The number of oxazole rings is 1. The molecule has 4 rings (SSSR count). The molecule has 0 fully saturated rings. The first-order chi connectivity index (χ1) is 12.3. The van der Waals surface area contributed by atoms with E-state index in [1.165, 1.54) is 6.39 Å². The number of fused-ring (bicyclic) bond motifs is 1. The number of anilines is 1. The molecule has 124 valence electrons. The van der Waals surface area contributed by atoms with Crippen molar-refractivity contribution in [1.82, 2.24) is 15.3 Å². The maximum Gasteiger partial charge on any atom is 0.319 e. The van der Waals surface area contributed by atoms with Gasteiger partial charge in [-0.25, -0.2) is 14.8 Å². The van der Waals surface area contributed by atoms with Gasteiger partial charge in [0.1, 0.15) is 5.76 Å². The molecule has 2 aromatic carbocycles. The van der Waals surface area contributed by atoms with Crippen molar-refractivity contribution in [2.45, 2.75) is 6.54 Å². The van der Waals surface area contributed by atoms with E-state index < -0.39 is 0 Å². The molecule has 0 spiro atoms. The molecule has 0 saturated heterocycles. The lowest BCUT2D eigenvalue weighted by Crippen LogP contribution is -2.27. The van der Waals surface area contributed by atoms with Crippen molar-refractivity contribution in [3.63, 3.8) is 0 Å². The van der Waals surface area contributed by atoms with Gasteiger partial charge in [0.05, 0.1) is 28.5 Å². The molecule has 0 bridgehead atoms. The number of nitrogens with one attached hydrogen (secondary N) is 2. The number of amides is 2. The highest BCUT2D eigenvalue weighted by atomic mass is 32.1. The van der Waals surface area contributed by atoms with Crippen molar-refractivity contribution >= 4 is 33.3 Å². The van der Waals surface area contributed by atoms with Gasteiger partial charge in [0, 0.05) is 11.3 Å². The van der Waals surface area contributed by atoms with Crippen LogP contribution in [0.15, 0.2) is 65.0 Å². The highest BCUT2D eigenvalue weighted by Crippen LogP contribution is 2.30. The minimum Gasteiger partial charge on any atom is -0.447 e. The fraction of sp³-hybridized carbons (Fsp3) is 0.0556. The molecule has 2 N–H and O–H groups in total. The average Bonchev–Trinajstić information content (AvgIpc) is 3.32. The quantitative estimate of drug-likeness (QED) is 0.576. The summed E-state index contributed by atoms with van der Waals surface area (Å²) in [6.45, 7) is 0.287. The van der Waals surface area contributed by atoms with Crippen LogP contribution in [0.5, 0.6) is 0 Å². The predicted molar refractivity (Wildman–Crippen MR) is 97.4 cm³/mol. The van der Waals surface area contributed by atoms with Crippen LogP contribution < -0.4 is 10.6 Å². The van der Waals surface area contributed by atoms with Crippen molar-refractivity contribution in [2.24, 2.45) is 0 Å². The van der Waals surface area contributed by atoms with Gasteiger partial charge in [-0.3, -0.25) is 0 Å². The van der Waals surface area contributed by atoms with Crippen molar-refractivity contribution in [2.75, 3.05) is 5.32 Å². The summed E-state index contributed by atoms with van der Waals surface area (Å²) in [4.78, 5) is 20.1. The fourth-order valence-electron chi connectivity index (χ4n) is 2.52. The average molecular weight is 350 g/mol. The van der Waals surface area contributed by atoms with Gasteiger partial charge in [0.15, 0.2) is 6.39 Å². The Hall–Kier alpha value is -3.19. The predicted octanol–water partition coefficient (Wildman–Crippen LogP) is 4.27. The topological polar surface area (TPSA) is 80.0 Å². The van der Waals surface area contributed by atoms with Gasteiger partial charge in [-0.1, -0.05) is 24.3 Å². The molecular formula is C18H14N4O2S. The molecule has 0 atom stereocenters. The van der Waals surface area contributed by atoms with Crippen LogP contribution in [0.2, 0.25) is 0 Å². The third-order valence-electron chi connectivity index (χ3n) is 3.72. The summed E-state index contributed by atoms with van der Waals surface area (Å²) in [5.41, 5.74) is 5.70. The molecule has 0 saturated carbocycles. The zero-order valence-electron chi connectivity index (χ0n) is 13.1. The zero-order chi connectivity index (χ0) is 17.1. The van der Waals surface area contributed by atoms with E-state index in [-0.39, 0.29) is 12.6 Å². The summed E-state index contributed by atoms with van der Waals surface area (Å²) >= 11 is 1.62. The first-order valence-corrected chi connectivity index (χ1v) is 8.52. The number of hydrogen-bond acceptors (Lipinski definition) is 5. The molecule has 2 aromatic heterocycles. The van der Waals surface area contributed by atoms with Gasteiger partial charge < -0.3 is 15.1 Å². The molecule has 2 amide bonds. The number of rotatable bonds is 4. The van der Waals surface area contributed by atoms with Crippen LogP contribution in [0.1, 0.15) is 5.76 Å². The van der Waals surface area contributed by atoms with Gasteiger partial charge in [0.2, 0.25) is 0 Å². The minimum absolute atomic E-state index is 0.287. The number of hydrogen-bond donors (Lipinski definition) is 2. The number of benzene rings is 2. The molecule has 6 nitrogen and oxygen atoms in total. The van der Waals surface area contributed by atoms with E-state index in [4.69, 9.17) is 4.42 Å². The standard InChI is InChI=1S/C18H14N4O2S/c23-18(20-9-14-8-19-10-24-14)22-13-6-4-12(5-7-13)15-2-1-3-16-17(15)21-11-25-16/h1-8,10-11H,9H2,(H2,20,22,23). The van der Waals surface area contributed by atoms with E-state index in [2.05, 4.69) is 32.7 Å². The Bertz CT molecular complexity index is 994. The van der Waals surface area contributed by atoms with E-state index in [0.717, 1.165) is 21.3 Å². The highest BCUT2D eigenvalue weighted by Gasteiger charge is 2.07. The molecular weight excluding hydrogens is 336 g/mol. The Morgan fingerprint density at radius 1 is 1.16 bits per heavy atom. The Morgan fingerprint density at radius 2 is 2.04 bits per heavy atom. The Balaban J connectivity index is 1.45. The van der Waals surface area contributed by atoms with Crippen LogP contribution in [0, 0.1) is 0 Å². The first kappa shape index (κ1) is 15.3. The van der Waals surface area contributed by atoms with Gasteiger partial charge in [0.25, 0.3) is 0 Å². The summed E-state index contributed by atoms with van der Waals surface area (Å²) in [6.07, 6.45) is 2.89. The normalized spacial score (nSPS) is 10.7. The second-order valence-corrected chi connectivity index (χ2v) is 6.24. The first-order valence-electron chi connectivity index (χ1n) is 7.64. The van der Waals surface area contributed by atoms with Gasteiger partial charge in [-0.05, 0) is 23.8 Å². The van der Waals surface area contributed by atoms with E-state index in [1.807, 2.05) is 35.8 Å². The molecule has 0 radical (unpaired) electrons. The molecule has 4 aromatic rings. The summed E-state index contributed by atoms with van der Waals surface area (Å²) in [6, 6.07) is 13.5. The van der Waals surface area contributed by atoms with Crippen LogP contribution in [-0.4, -0.2) is 16.0 Å². The molecule has 7 heteroatoms. The van der Waals surface area contributed by atoms with Gasteiger partial charge in [-0.15, -0.1) is 11.3 Å². The van der Waals surface area contributed by atoms with Crippen LogP contribution in [0.25, 0.3) is 21.3 Å². The lowest BCUT2D eigenvalue weighted by molar-refractivity contribution is 0.251. The largest absolute Gasteiger partial charge is 0.447 e. The fourth-order valence-corrected chi connectivity index (χ4v) is 3.23. The number of carbonyl (C=O) groups is 1. The third-order valence-corrected chi connectivity index (χ3v) is 4.52. The lowest BCUT2D eigenvalue weighted by Gasteiger charge is -2.08. The lowest BCUT2D eigenvalue weighted by atomic mass is 10.0. The number of nitrogens with zero attached hydrogens (tertiary/aromatic N) is 2. The van der Waals surface area contributed by atoms with Crippen LogP contribution >= 0.6 is 11.3 Å². The molecule has 0 unspecified atom stereocenters. The Kier molecular flexibility index (Phi) is 4.14. The van der Waals surface area contributed by atoms with Crippen LogP contribution in [0.4, 0.5) is 10.5 Å². The van der Waals surface area contributed by atoms with Crippen molar-refractivity contribution < 1.29 is 9.21 Å². The molecule has 0 aliphatic carbocycles. The highest BCUT2D eigenvalue weighted by molar-refractivity contribution is 7.16. The Labute approximate surface area is 147 Å². The van der Waals surface area contributed by atoms with Crippen LogP contribution in [0.3, 0.4) is 0 Å². The van der Waals surface area contributed by atoms with Crippen molar-refractivity contribution in [3.05, 3.63) is 66.3 Å². The number of urea groups is 1. The van der Waals surface area contributed by atoms with E-state index in [9.17, 15) is 4.79 Å². The molecule has 25 heavy (non-hydrogen) atoms. The minimum atomic E-state index is -0.300. The number of carbonyl (C=O) groups excluding carboxylic acids is 1. The SMILES string of the molecule is O=C(NCc1cnco1)Nc1ccc(-c2cccc3scnc23)cc1. The Morgan fingerprint density at radius 3 is 2.84 bits per heavy atom. The summed E-state index contributed by atoms with van der Waals surface area (Å²) in [5, 5.41) is 5.50. The maximum atomic E-state index is 11.9. The van der Waals surface area contributed by atoms with E-state index in [1.54, 1.807) is 17.5 Å². The number of aromatic nitrogens is 2. The van der Waals surface area contributed by atoms with Crippen molar-refractivity contribution in [1.29, 1.82) is 0 Å². The van der Waals surface area contributed by atoms with E-state index >= 15 is 0 Å². The van der Waals surface area contributed by atoms with Crippen LogP contribution in [-0.2, 0) is 6.54 Å². The molecule has 0 aliphatic rings. The third kappa shape index (κ3) is 3.36. The van der Waals surface area contributed by atoms with Gasteiger partial charge >= 0.3 is 6.03 Å². The second-order valence-electron chi connectivity index (χ2n) is 5.36. The molecule has 0 aliphatic heterocycles. The maximum absolute atomic E-state index is 11.9. The monoisotopic (exact) mass is 350 g/mol. The zero-order valence-corrected chi connectivity index (χ0v) is 13.9. The number of thiazole rings is 1. The van der Waals surface area contributed by atoms with Gasteiger partial charge in [-0.2, -0.15) is 0 Å².